The van der Waals surface area contributed by atoms with E-state index in [1.165, 1.54) is 6.42 Å². The molecule has 0 bridgehead atoms. The van der Waals surface area contributed by atoms with Gasteiger partial charge in [0, 0.05) is 32.4 Å². The lowest BCUT2D eigenvalue weighted by atomic mass is 10.1. The molecule has 1 fully saturated rings. The Kier molecular flexibility index (Phi) is 4.44. The molecule has 1 atom stereocenters. The van der Waals surface area contributed by atoms with E-state index in [9.17, 15) is 0 Å². The summed E-state index contributed by atoms with van der Waals surface area (Å²) in [4.78, 5) is 7.29. The molecule has 128 valence electrons. The van der Waals surface area contributed by atoms with E-state index in [0.29, 0.717) is 12.5 Å². The molecule has 0 radical (unpaired) electrons. The van der Waals surface area contributed by atoms with E-state index in [1.807, 2.05) is 19.1 Å². The van der Waals surface area contributed by atoms with Crippen molar-refractivity contribution in [3.05, 3.63) is 35.5 Å². The summed E-state index contributed by atoms with van der Waals surface area (Å²) < 4.78 is 7.76. The van der Waals surface area contributed by atoms with Gasteiger partial charge in [0.25, 0.3) is 0 Å². The van der Waals surface area contributed by atoms with Crippen molar-refractivity contribution in [3.63, 3.8) is 0 Å². The fourth-order valence-corrected chi connectivity index (χ4v) is 3.37. The van der Waals surface area contributed by atoms with Crippen molar-refractivity contribution < 1.29 is 4.74 Å². The van der Waals surface area contributed by atoms with Crippen molar-refractivity contribution in [3.8, 4) is 0 Å². The number of hydrogen-bond acceptors (Lipinski definition) is 6. The first kappa shape index (κ1) is 15.5. The van der Waals surface area contributed by atoms with E-state index < -0.39 is 0 Å². The first-order valence-electron chi connectivity index (χ1n) is 8.65. The zero-order chi connectivity index (χ0) is 16.4. The van der Waals surface area contributed by atoms with Crippen LogP contribution >= 0.6 is 0 Å². The van der Waals surface area contributed by atoms with Crippen LogP contribution in [0, 0.1) is 12.8 Å². The highest BCUT2D eigenvalue weighted by atomic mass is 16.5. The van der Waals surface area contributed by atoms with Gasteiger partial charge in [-0.1, -0.05) is 0 Å². The number of fused-ring (bicyclic) bond motifs is 1. The first-order valence-corrected chi connectivity index (χ1v) is 8.65. The van der Waals surface area contributed by atoms with Crippen LogP contribution in [0.15, 0.2) is 18.3 Å². The van der Waals surface area contributed by atoms with Crippen LogP contribution in [0.2, 0.25) is 0 Å². The molecule has 1 N–H and O–H groups in total. The number of aromatic nitrogens is 4. The van der Waals surface area contributed by atoms with E-state index >= 15 is 0 Å². The van der Waals surface area contributed by atoms with Crippen LogP contribution in [-0.2, 0) is 24.4 Å². The Morgan fingerprint density at radius 2 is 2.25 bits per heavy atom. The number of imidazole rings is 1. The smallest absolute Gasteiger partial charge is 0.148 e. The van der Waals surface area contributed by atoms with Crippen LogP contribution in [-0.4, -0.2) is 51.0 Å². The molecule has 7 heteroatoms. The summed E-state index contributed by atoms with van der Waals surface area (Å²) >= 11 is 0. The van der Waals surface area contributed by atoms with Gasteiger partial charge in [-0.25, -0.2) is 4.98 Å². The molecule has 0 unspecified atom stereocenters. The van der Waals surface area contributed by atoms with Gasteiger partial charge < -0.3 is 14.6 Å². The van der Waals surface area contributed by atoms with Gasteiger partial charge in [0.05, 0.1) is 31.1 Å². The molecule has 2 aromatic rings. The Bertz CT molecular complexity index is 677. The van der Waals surface area contributed by atoms with Crippen molar-refractivity contribution >= 4 is 5.82 Å². The number of anilines is 1. The van der Waals surface area contributed by atoms with Crippen LogP contribution in [0.5, 0.6) is 0 Å². The van der Waals surface area contributed by atoms with Crippen molar-refractivity contribution in [2.24, 2.45) is 5.92 Å². The van der Waals surface area contributed by atoms with Crippen molar-refractivity contribution in [2.45, 2.75) is 33.0 Å². The molecular formula is C17H24N6O. The van der Waals surface area contributed by atoms with Crippen molar-refractivity contribution in [1.82, 2.24) is 24.6 Å². The normalized spacial score (nSPS) is 21.0. The Morgan fingerprint density at radius 1 is 1.29 bits per heavy atom. The lowest BCUT2D eigenvalue weighted by Gasteiger charge is -2.29. The molecule has 0 saturated carbocycles. The highest BCUT2D eigenvalue weighted by Gasteiger charge is 2.23. The minimum absolute atomic E-state index is 0.675. The largest absolute Gasteiger partial charge is 0.381 e. The lowest BCUT2D eigenvalue weighted by Crippen LogP contribution is -2.37. The highest BCUT2D eigenvalue weighted by Crippen LogP contribution is 2.19. The molecule has 24 heavy (non-hydrogen) atoms. The highest BCUT2D eigenvalue weighted by molar-refractivity contribution is 5.33. The van der Waals surface area contributed by atoms with Crippen LogP contribution in [0.25, 0.3) is 0 Å². The zero-order valence-corrected chi connectivity index (χ0v) is 14.1. The molecule has 1 saturated heterocycles. The quantitative estimate of drug-likeness (QED) is 0.896. The molecule has 2 aliphatic rings. The number of aryl methyl sites for hydroxylation is 1. The minimum atomic E-state index is 0.675. The van der Waals surface area contributed by atoms with Gasteiger partial charge in [-0.2, -0.15) is 5.10 Å². The average molecular weight is 328 g/mol. The Morgan fingerprint density at radius 3 is 3.04 bits per heavy atom. The van der Waals surface area contributed by atoms with E-state index in [-0.39, 0.29) is 0 Å². The second kappa shape index (κ2) is 6.86. The van der Waals surface area contributed by atoms with Gasteiger partial charge in [0.2, 0.25) is 0 Å². The number of rotatable bonds is 5. The maximum absolute atomic E-state index is 5.49. The number of nitrogens with zero attached hydrogens (tertiary/aromatic N) is 5. The fraction of sp³-hybridized carbons (Fsp3) is 0.588. The maximum Gasteiger partial charge on any atom is 0.148 e. The first-order chi connectivity index (χ1) is 11.8. The van der Waals surface area contributed by atoms with Gasteiger partial charge in [-0.3, -0.25) is 4.90 Å². The lowest BCUT2D eigenvalue weighted by molar-refractivity contribution is 0.152. The van der Waals surface area contributed by atoms with Gasteiger partial charge in [0.15, 0.2) is 0 Å². The third-order valence-corrected chi connectivity index (χ3v) is 4.72. The van der Waals surface area contributed by atoms with E-state index in [0.717, 1.165) is 62.4 Å². The van der Waals surface area contributed by atoms with E-state index in [1.54, 1.807) is 0 Å². The predicted molar refractivity (Wildman–Crippen MR) is 90.5 cm³/mol. The molecular weight excluding hydrogens is 304 g/mol. The molecule has 2 aromatic heterocycles. The van der Waals surface area contributed by atoms with Crippen LogP contribution in [0.4, 0.5) is 5.82 Å². The number of ether oxygens (including phenoxy) is 1. The molecule has 4 heterocycles. The SMILES string of the molecule is Cc1ccc(NCc2cn3c(n2)CN(C[C@H]2CCOC2)CC3)nn1. The monoisotopic (exact) mass is 328 g/mol. The standard InChI is InChI=1S/C17H24N6O/c1-13-2-3-16(21-20-13)18-8-15-10-23-6-5-22(11-17(23)19-15)9-14-4-7-24-12-14/h2-3,10,14H,4-9,11-12H2,1H3,(H,18,21)/t14-/m1/s1. The summed E-state index contributed by atoms with van der Waals surface area (Å²) in [5.74, 6) is 2.63. The molecule has 7 nitrogen and oxygen atoms in total. The van der Waals surface area contributed by atoms with Gasteiger partial charge in [-0.05, 0) is 31.4 Å². The third-order valence-electron chi connectivity index (χ3n) is 4.72. The van der Waals surface area contributed by atoms with E-state index in [2.05, 4.69) is 31.2 Å². The molecule has 0 amide bonds. The van der Waals surface area contributed by atoms with Crippen LogP contribution < -0.4 is 5.32 Å². The molecule has 0 spiro atoms. The summed E-state index contributed by atoms with van der Waals surface area (Å²) in [6.07, 6.45) is 3.34. The zero-order valence-electron chi connectivity index (χ0n) is 14.1. The third kappa shape index (κ3) is 3.57. The Labute approximate surface area is 142 Å². The van der Waals surface area contributed by atoms with Crippen molar-refractivity contribution in [2.75, 3.05) is 31.6 Å². The number of nitrogens with one attached hydrogen (secondary N) is 1. The van der Waals surface area contributed by atoms with Crippen LogP contribution in [0.1, 0.15) is 23.6 Å². The summed E-state index contributed by atoms with van der Waals surface area (Å²) in [5, 5.41) is 11.5. The Balaban J connectivity index is 1.34. The topological polar surface area (TPSA) is 68.1 Å². The number of hydrogen-bond donors (Lipinski definition) is 1. The Hall–Kier alpha value is -1.99. The minimum Gasteiger partial charge on any atom is -0.381 e. The predicted octanol–water partition coefficient (Wildman–Crippen LogP) is 1.45. The molecule has 2 aliphatic heterocycles. The molecule has 0 aromatic carbocycles. The van der Waals surface area contributed by atoms with E-state index in [4.69, 9.17) is 9.72 Å². The fourth-order valence-electron chi connectivity index (χ4n) is 3.37. The molecule has 0 aliphatic carbocycles. The second-order valence-corrected chi connectivity index (χ2v) is 6.72. The summed E-state index contributed by atoms with van der Waals surface area (Å²) in [6, 6.07) is 3.90. The molecule has 4 rings (SSSR count). The summed E-state index contributed by atoms with van der Waals surface area (Å²) in [6.45, 7) is 8.61. The van der Waals surface area contributed by atoms with Crippen molar-refractivity contribution in [1.29, 1.82) is 0 Å². The average Bonchev–Trinajstić information content (AvgIpc) is 3.23. The van der Waals surface area contributed by atoms with Crippen LogP contribution in [0.3, 0.4) is 0 Å². The van der Waals surface area contributed by atoms with Gasteiger partial charge >= 0.3 is 0 Å². The summed E-state index contributed by atoms with van der Waals surface area (Å²) in [5.41, 5.74) is 1.98. The van der Waals surface area contributed by atoms with Gasteiger partial charge in [0.1, 0.15) is 11.6 Å². The van der Waals surface area contributed by atoms with Gasteiger partial charge in [-0.15, -0.1) is 5.10 Å². The second-order valence-electron chi connectivity index (χ2n) is 6.72. The maximum atomic E-state index is 5.49. The summed E-state index contributed by atoms with van der Waals surface area (Å²) in [7, 11) is 0.